The van der Waals surface area contributed by atoms with E-state index in [-0.39, 0.29) is 6.04 Å². The third-order valence-electron chi connectivity index (χ3n) is 2.93. The second-order valence-corrected chi connectivity index (χ2v) is 9.07. The van der Waals surface area contributed by atoms with Crippen LogP contribution in [0.15, 0.2) is 10.3 Å². The van der Waals surface area contributed by atoms with E-state index in [1.165, 1.54) is 11.3 Å². The number of sulfonamides is 1. The number of hydrogen-bond acceptors (Lipinski definition) is 5. The van der Waals surface area contributed by atoms with Crippen LogP contribution in [0.1, 0.15) is 31.2 Å². The average molecular weight is 334 g/mol. The van der Waals surface area contributed by atoms with E-state index in [2.05, 4.69) is 23.9 Å². The SMILES string of the molecule is Cc1cc(S(=O)(=O)NC(C)CN(C)C)sc1CNC(C)C. The summed E-state index contributed by atoms with van der Waals surface area (Å²) in [6.07, 6.45) is 0. The minimum atomic E-state index is -3.43. The lowest BCUT2D eigenvalue weighted by molar-refractivity contribution is 0.370. The number of likely N-dealkylation sites (N-methyl/N-ethyl adjacent to an activating group) is 1. The highest BCUT2D eigenvalue weighted by atomic mass is 32.2. The molecule has 0 amide bonds. The molecule has 1 rings (SSSR count). The molecule has 0 aliphatic carbocycles. The monoisotopic (exact) mass is 333 g/mol. The largest absolute Gasteiger partial charge is 0.310 e. The highest BCUT2D eigenvalue weighted by Crippen LogP contribution is 2.26. The fraction of sp³-hybridized carbons (Fsp3) is 0.714. The minimum Gasteiger partial charge on any atom is -0.310 e. The van der Waals surface area contributed by atoms with Gasteiger partial charge >= 0.3 is 0 Å². The van der Waals surface area contributed by atoms with E-state index in [0.717, 1.165) is 10.4 Å². The first kappa shape index (κ1) is 18.6. The van der Waals surface area contributed by atoms with Gasteiger partial charge in [-0.05, 0) is 39.6 Å². The van der Waals surface area contributed by atoms with Crippen LogP contribution in [-0.2, 0) is 16.6 Å². The third kappa shape index (κ3) is 6.04. The summed E-state index contributed by atoms with van der Waals surface area (Å²) in [7, 11) is 0.421. The summed E-state index contributed by atoms with van der Waals surface area (Å²) in [4.78, 5) is 3.04. The Labute approximate surface area is 132 Å². The van der Waals surface area contributed by atoms with Crippen molar-refractivity contribution in [3.05, 3.63) is 16.5 Å². The van der Waals surface area contributed by atoms with Gasteiger partial charge < -0.3 is 10.2 Å². The minimum absolute atomic E-state index is 0.121. The van der Waals surface area contributed by atoms with Crippen molar-refractivity contribution in [3.8, 4) is 0 Å². The molecule has 7 heteroatoms. The lowest BCUT2D eigenvalue weighted by Crippen LogP contribution is -2.39. The van der Waals surface area contributed by atoms with Gasteiger partial charge in [0.2, 0.25) is 10.0 Å². The Hall–Kier alpha value is -0.470. The highest BCUT2D eigenvalue weighted by Gasteiger charge is 2.21. The molecule has 1 atom stereocenters. The van der Waals surface area contributed by atoms with Crippen LogP contribution in [-0.4, -0.2) is 46.0 Å². The van der Waals surface area contributed by atoms with Crippen molar-refractivity contribution < 1.29 is 8.42 Å². The summed E-state index contributed by atoms with van der Waals surface area (Å²) >= 11 is 1.34. The van der Waals surface area contributed by atoms with E-state index in [4.69, 9.17) is 0 Å². The van der Waals surface area contributed by atoms with Crippen LogP contribution < -0.4 is 10.0 Å². The molecule has 1 unspecified atom stereocenters. The number of nitrogens with one attached hydrogen (secondary N) is 2. The zero-order valence-electron chi connectivity index (χ0n) is 13.7. The molecule has 122 valence electrons. The molecule has 5 nitrogen and oxygen atoms in total. The van der Waals surface area contributed by atoms with Crippen molar-refractivity contribution >= 4 is 21.4 Å². The molecule has 0 fully saturated rings. The predicted octanol–water partition coefficient (Wildman–Crippen LogP) is 1.78. The Bertz CT molecular complexity index is 551. The number of nitrogens with zero attached hydrogens (tertiary/aromatic N) is 1. The second kappa shape index (κ2) is 7.69. The summed E-state index contributed by atoms with van der Waals surface area (Å²) in [5.41, 5.74) is 1.02. The van der Waals surface area contributed by atoms with Gasteiger partial charge in [-0.25, -0.2) is 13.1 Å². The maximum atomic E-state index is 12.4. The van der Waals surface area contributed by atoms with Crippen LogP contribution in [0.25, 0.3) is 0 Å². The molecule has 2 N–H and O–H groups in total. The summed E-state index contributed by atoms with van der Waals surface area (Å²) in [5.74, 6) is 0. The van der Waals surface area contributed by atoms with Crippen molar-refractivity contribution in [2.75, 3.05) is 20.6 Å². The third-order valence-corrected chi connectivity index (χ3v) is 6.23. The van der Waals surface area contributed by atoms with Crippen LogP contribution in [0, 0.1) is 6.92 Å². The fourth-order valence-electron chi connectivity index (χ4n) is 2.00. The van der Waals surface area contributed by atoms with Crippen LogP contribution in [0.2, 0.25) is 0 Å². The first-order valence-corrected chi connectivity index (χ1v) is 9.41. The maximum absolute atomic E-state index is 12.4. The zero-order chi connectivity index (χ0) is 16.2. The Morgan fingerprint density at radius 2 is 1.90 bits per heavy atom. The first-order chi connectivity index (χ1) is 9.61. The predicted molar refractivity (Wildman–Crippen MR) is 89.4 cm³/mol. The standard InChI is InChI=1S/C14H27N3O2S2/c1-10(2)15-8-13-11(3)7-14(20-13)21(18,19)16-12(4)9-17(5)6/h7,10,12,15-16H,8-9H2,1-6H3. The quantitative estimate of drug-likeness (QED) is 0.761. The topological polar surface area (TPSA) is 61.4 Å². The van der Waals surface area contributed by atoms with E-state index in [0.29, 0.717) is 23.3 Å². The van der Waals surface area contributed by atoms with E-state index in [9.17, 15) is 8.42 Å². The summed E-state index contributed by atoms with van der Waals surface area (Å²) < 4.78 is 27.9. The van der Waals surface area contributed by atoms with Crippen LogP contribution in [0.4, 0.5) is 0 Å². The Balaban J connectivity index is 2.82. The molecular weight excluding hydrogens is 306 g/mol. The molecule has 1 aromatic heterocycles. The van der Waals surface area contributed by atoms with Gasteiger partial charge in [0.1, 0.15) is 4.21 Å². The van der Waals surface area contributed by atoms with Crippen molar-refractivity contribution in [3.63, 3.8) is 0 Å². The molecule has 0 aliphatic heterocycles. The molecule has 1 heterocycles. The molecule has 0 saturated carbocycles. The number of thiophene rings is 1. The van der Waals surface area contributed by atoms with Crippen molar-refractivity contribution in [1.29, 1.82) is 0 Å². The normalized spacial score (nSPS) is 14.1. The summed E-state index contributed by atoms with van der Waals surface area (Å²) in [6.45, 7) is 9.35. The molecule has 1 aromatic rings. The Morgan fingerprint density at radius 3 is 2.43 bits per heavy atom. The van der Waals surface area contributed by atoms with Crippen molar-refractivity contribution in [2.45, 2.75) is 50.5 Å². The van der Waals surface area contributed by atoms with Gasteiger partial charge in [0.25, 0.3) is 0 Å². The second-order valence-electron chi connectivity index (χ2n) is 5.99. The van der Waals surface area contributed by atoms with E-state index >= 15 is 0 Å². The Kier molecular flexibility index (Phi) is 6.80. The van der Waals surface area contributed by atoms with Gasteiger partial charge in [0.15, 0.2) is 0 Å². The molecule has 0 aromatic carbocycles. The average Bonchev–Trinajstić information content (AvgIpc) is 2.66. The van der Waals surface area contributed by atoms with Crippen molar-refractivity contribution in [1.82, 2.24) is 14.9 Å². The van der Waals surface area contributed by atoms with Gasteiger partial charge in [0, 0.05) is 30.1 Å². The van der Waals surface area contributed by atoms with Crippen LogP contribution in [0.3, 0.4) is 0 Å². The van der Waals surface area contributed by atoms with E-state index < -0.39 is 10.0 Å². The lowest BCUT2D eigenvalue weighted by atomic mass is 10.3. The number of hydrogen-bond donors (Lipinski definition) is 2. The van der Waals surface area contributed by atoms with Gasteiger partial charge in [-0.1, -0.05) is 13.8 Å². The molecular formula is C14H27N3O2S2. The van der Waals surface area contributed by atoms with Gasteiger partial charge in [0.05, 0.1) is 0 Å². The Morgan fingerprint density at radius 1 is 1.29 bits per heavy atom. The number of rotatable bonds is 8. The highest BCUT2D eigenvalue weighted by molar-refractivity contribution is 7.91. The van der Waals surface area contributed by atoms with Crippen molar-refractivity contribution in [2.24, 2.45) is 0 Å². The molecule has 0 saturated heterocycles. The number of aryl methyl sites for hydroxylation is 1. The van der Waals surface area contributed by atoms with E-state index in [1.807, 2.05) is 32.8 Å². The smallest absolute Gasteiger partial charge is 0.250 e. The fourth-order valence-corrected chi connectivity index (χ4v) is 4.79. The van der Waals surface area contributed by atoms with Gasteiger partial charge in [-0.15, -0.1) is 11.3 Å². The maximum Gasteiger partial charge on any atom is 0.250 e. The van der Waals surface area contributed by atoms with Crippen LogP contribution in [0.5, 0.6) is 0 Å². The van der Waals surface area contributed by atoms with Gasteiger partial charge in [-0.2, -0.15) is 0 Å². The zero-order valence-corrected chi connectivity index (χ0v) is 15.4. The van der Waals surface area contributed by atoms with Gasteiger partial charge in [-0.3, -0.25) is 0 Å². The molecule has 0 radical (unpaired) electrons. The summed E-state index contributed by atoms with van der Waals surface area (Å²) in [6, 6.07) is 2.02. The van der Waals surface area contributed by atoms with E-state index in [1.54, 1.807) is 6.07 Å². The molecule has 0 bridgehead atoms. The lowest BCUT2D eigenvalue weighted by Gasteiger charge is -2.17. The molecule has 0 aliphatic rings. The molecule has 21 heavy (non-hydrogen) atoms. The summed E-state index contributed by atoms with van der Waals surface area (Å²) in [5, 5.41) is 3.32. The molecule has 0 spiro atoms. The van der Waals surface area contributed by atoms with Crippen LogP contribution >= 0.6 is 11.3 Å². The first-order valence-electron chi connectivity index (χ1n) is 7.11.